The van der Waals surface area contributed by atoms with Crippen molar-refractivity contribution in [2.75, 3.05) is 6.26 Å². The summed E-state index contributed by atoms with van der Waals surface area (Å²) in [4.78, 5) is 4.29. The van der Waals surface area contributed by atoms with Crippen LogP contribution >= 0.6 is 35.8 Å². The van der Waals surface area contributed by atoms with E-state index in [1.165, 1.54) is 22.3 Å². The largest absolute Gasteiger partial charge is 0.326 e. The van der Waals surface area contributed by atoms with E-state index in [0.717, 1.165) is 23.4 Å². The molecule has 0 unspecified atom stereocenters. The number of halogens is 3. The molecule has 0 bridgehead atoms. The first-order valence-corrected chi connectivity index (χ1v) is 10.6. The number of nitrogens with two attached hydrogens (primary N) is 1. The Morgan fingerprint density at radius 1 is 1.33 bits per heavy atom. The minimum absolute atomic E-state index is 0. The second-order valence-electron chi connectivity index (χ2n) is 5.62. The molecule has 0 atom stereocenters. The molecule has 3 rings (SSSR count). The topological polar surface area (TPSA) is 90.3 Å². The number of thioether (sulfide) groups is 1. The van der Waals surface area contributed by atoms with E-state index in [4.69, 9.17) is 17.3 Å². The molecule has 27 heavy (non-hydrogen) atoms. The summed E-state index contributed by atoms with van der Waals surface area (Å²) in [7, 11) is -4.01. The first-order chi connectivity index (χ1) is 12.2. The average Bonchev–Trinajstić information content (AvgIpc) is 2.97. The summed E-state index contributed by atoms with van der Waals surface area (Å²) in [5.74, 6) is -0.687. The van der Waals surface area contributed by atoms with Crippen LogP contribution in [0.15, 0.2) is 33.0 Å². The van der Waals surface area contributed by atoms with Crippen LogP contribution in [0.5, 0.6) is 0 Å². The molecule has 0 aliphatic rings. The fraction of sp³-hybridized carbons (Fsp3) is 0.250. The van der Waals surface area contributed by atoms with Gasteiger partial charge in [0.05, 0.1) is 9.92 Å². The maximum Gasteiger partial charge on any atom is 0.213 e. The molecule has 146 valence electrons. The molecule has 2 aromatic heterocycles. The van der Waals surface area contributed by atoms with Gasteiger partial charge in [-0.05, 0) is 38.3 Å². The number of benzene rings is 1. The van der Waals surface area contributed by atoms with Crippen LogP contribution in [0.4, 0.5) is 4.39 Å². The summed E-state index contributed by atoms with van der Waals surface area (Å²) in [6.07, 6.45) is 1.73. The van der Waals surface area contributed by atoms with Crippen molar-refractivity contribution in [3.8, 4) is 0 Å². The molecule has 11 heteroatoms. The molecule has 0 fully saturated rings. The fourth-order valence-electron chi connectivity index (χ4n) is 2.75. The van der Waals surface area contributed by atoms with Gasteiger partial charge in [-0.3, -0.25) is 0 Å². The van der Waals surface area contributed by atoms with Gasteiger partial charge in [-0.15, -0.1) is 24.2 Å². The monoisotopic (exact) mass is 450 g/mol. The third-order valence-electron chi connectivity index (χ3n) is 4.12. The van der Waals surface area contributed by atoms with Crippen molar-refractivity contribution in [2.24, 2.45) is 5.73 Å². The van der Waals surface area contributed by atoms with Crippen LogP contribution in [0.3, 0.4) is 0 Å². The minimum atomic E-state index is -4.01. The number of aromatic nitrogens is 3. The average molecular weight is 451 g/mol. The van der Waals surface area contributed by atoms with Crippen molar-refractivity contribution in [3.05, 3.63) is 46.0 Å². The van der Waals surface area contributed by atoms with E-state index in [1.807, 2.05) is 6.92 Å². The second-order valence-corrected chi connectivity index (χ2v) is 8.71. The molecule has 1 aromatic carbocycles. The van der Waals surface area contributed by atoms with Gasteiger partial charge >= 0.3 is 0 Å². The SMILES string of the molecule is CSc1nn2c(C)c(CN)c(C)nc2c1S(=O)(=O)c1ccc(F)c(Cl)c1.Cl. The zero-order chi connectivity index (χ0) is 19.2. The molecule has 0 radical (unpaired) electrons. The predicted molar refractivity (Wildman–Crippen MR) is 106 cm³/mol. The lowest BCUT2D eigenvalue weighted by Gasteiger charge is -2.10. The number of aryl methyl sites for hydroxylation is 2. The van der Waals surface area contributed by atoms with Crippen LogP contribution in [0, 0.1) is 19.7 Å². The van der Waals surface area contributed by atoms with Crippen molar-refractivity contribution >= 4 is 51.3 Å². The summed E-state index contributed by atoms with van der Waals surface area (Å²) in [5, 5.41) is 4.42. The van der Waals surface area contributed by atoms with Gasteiger partial charge < -0.3 is 5.73 Å². The highest BCUT2D eigenvalue weighted by Crippen LogP contribution is 2.34. The summed E-state index contributed by atoms with van der Waals surface area (Å²) in [6.45, 7) is 3.85. The van der Waals surface area contributed by atoms with E-state index in [2.05, 4.69) is 10.1 Å². The Hall–Kier alpha value is -1.39. The number of hydrogen-bond acceptors (Lipinski definition) is 6. The molecule has 0 amide bonds. The third kappa shape index (κ3) is 3.54. The van der Waals surface area contributed by atoms with Gasteiger partial charge in [-0.25, -0.2) is 22.3 Å². The molecule has 2 N–H and O–H groups in total. The lowest BCUT2D eigenvalue weighted by atomic mass is 10.2. The summed E-state index contributed by atoms with van der Waals surface area (Å²) >= 11 is 6.96. The maximum atomic E-state index is 13.4. The Morgan fingerprint density at radius 3 is 2.56 bits per heavy atom. The van der Waals surface area contributed by atoms with Gasteiger partial charge in [-0.2, -0.15) is 5.10 Å². The van der Waals surface area contributed by atoms with Crippen molar-refractivity contribution in [2.45, 2.75) is 35.2 Å². The molecule has 2 heterocycles. The molecular formula is C16H17Cl2FN4O2S2. The number of hydrogen-bond donors (Lipinski definition) is 1. The number of fused-ring (bicyclic) bond motifs is 1. The van der Waals surface area contributed by atoms with Crippen LogP contribution in [0.1, 0.15) is 17.0 Å². The summed E-state index contributed by atoms with van der Waals surface area (Å²) < 4.78 is 41.4. The molecule has 0 aliphatic heterocycles. The highest BCUT2D eigenvalue weighted by molar-refractivity contribution is 7.99. The lowest BCUT2D eigenvalue weighted by Crippen LogP contribution is -2.10. The highest BCUT2D eigenvalue weighted by Gasteiger charge is 2.30. The zero-order valence-electron chi connectivity index (χ0n) is 14.7. The van der Waals surface area contributed by atoms with E-state index >= 15 is 0 Å². The van der Waals surface area contributed by atoms with Crippen LogP contribution < -0.4 is 5.73 Å². The van der Waals surface area contributed by atoms with Gasteiger partial charge in [0.1, 0.15) is 10.8 Å². The van der Waals surface area contributed by atoms with Crippen LogP contribution in [0.2, 0.25) is 5.02 Å². The van der Waals surface area contributed by atoms with E-state index < -0.39 is 15.7 Å². The van der Waals surface area contributed by atoms with Crippen molar-refractivity contribution in [1.29, 1.82) is 0 Å². The van der Waals surface area contributed by atoms with Crippen molar-refractivity contribution in [3.63, 3.8) is 0 Å². The van der Waals surface area contributed by atoms with Gasteiger partial charge in [0.15, 0.2) is 10.5 Å². The van der Waals surface area contributed by atoms with E-state index in [-0.39, 0.29) is 39.4 Å². The predicted octanol–water partition coefficient (Wildman–Crippen LogP) is 3.57. The molecule has 0 spiro atoms. The second kappa shape index (κ2) is 7.92. The Morgan fingerprint density at radius 2 is 2.00 bits per heavy atom. The Bertz CT molecular complexity index is 1130. The minimum Gasteiger partial charge on any atom is -0.326 e. The van der Waals surface area contributed by atoms with Crippen LogP contribution in [-0.2, 0) is 16.4 Å². The first-order valence-electron chi connectivity index (χ1n) is 7.55. The van der Waals surface area contributed by atoms with Crippen LogP contribution in [-0.4, -0.2) is 29.3 Å². The molecule has 0 saturated carbocycles. The molecule has 6 nitrogen and oxygen atoms in total. The standard InChI is InChI=1S/C16H16ClFN4O2S2.ClH/c1-8-11(7-19)9(2)22-15(20-8)14(16(21-22)25-3)26(23,24)10-4-5-13(18)12(17)6-10;/h4-6H,7,19H2,1-3H3;1H. The zero-order valence-corrected chi connectivity index (χ0v) is 17.9. The van der Waals surface area contributed by atoms with Gasteiger partial charge in [0.25, 0.3) is 0 Å². The van der Waals surface area contributed by atoms with Crippen molar-refractivity contribution in [1.82, 2.24) is 14.6 Å². The molecule has 0 aliphatic carbocycles. The maximum absolute atomic E-state index is 13.4. The van der Waals surface area contributed by atoms with Gasteiger partial charge in [-0.1, -0.05) is 11.6 Å². The third-order valence-corrected chi connectivity index (χ3v) is 7.00. The molecular weight excluding hydrogens is 434 g/mol. The quantitative estimate of drug-likeness (QED) is 0.482. The Kier molecular flexibility index (Phi) is 6.43. The smallest absolute Gasteiger partial charge is 0.213 e. The number of rotatable bonds is 4. The van der Waals surface area contributed by atoms with E-state index in [9.17, 15) is 12.8 Å². The molecule has 3 aromatic rings. The summed E-state index contributed by atoms with van der Waals surface area (Å²) in [6, 6.07) is 3.29. The normalized spacial score (nSPS) is 11.6. The van der Waals surface area contributed by atoms with E-state index in [1.54, 1.807) is 13.2 Å². The number of nitrogens with zero attached hydrogens (tertiary/aromatic N) is 3. The molecule has 0 saturated heterocycles. The highest BCUT2D eigenvalue weighted by atomic mass is 35.5. The fourth-order valence-corrected chi connectivity index (χ4v) is 5.41. The van der Waals surface area contributed by atoms with Gasteiger partial charge in [0.2, 0.25) is 9.84 Å². The Labute approximate surface area is 171 Å². The number of sulfone groups is 1. The van der Waals surface area contributed by atoms with Gasteiger partial charge in [0, 0.05) is 23.5 Å². The lowest BCUT2D eigenvalue weighted by molar-refractivity contribution is 0.593. The van der Waals surface area contributed by atoms with Crippen LogP contribution in [0.25, 0.3) is 5.65 Å². The summed E-state index contributed by atoms with van der Waals surface area (Å²) in [5.41, 5.74) is 8.15. The first kappa shape index (κ1) is 21.9. The Balaban J connectivity index is 0.00000261. The van der Waals surface area contributed by atoms with Crippen molar-refractivity contribution < 1.29 is 12.8 Å². The van der Waals surface area contributed by atoms with E-state index in [0.29, 0.717) is 10.7 Å².